The van der Waals surface area contributed by atoms with Crippen molar-refractivity contribution in [2.45, 2.75) is 6.92 Å². The first-order valence-corrected chi connectivity index (χ1v) is 3.78. The van der Waals surface area contributed by atoms with Gasteiger partial charge in [0, 0.05) is 11.9 Å². The van der Waals surface area contributed by atoms with Crippen LogP contribution in [0.5, 0.6) is 0 Å². The molecule has 10 heavy (non-hydrogen) atoms. The first kappa shape index (κ1) is 7.10. The fourth-order valence-corrected chi connectivity index (χ4v) is 1.60. The zero-order valence-electron chi connectivity index (χ0n) is 5.93. The van der Waals surface area contributed by atoms with Crippen LogP contribution < -0.4 is 5.32 Å². The Morgan fingerprint density at radius 2 is 2.40 bits per heavy atom. The van der Waals surface area contributed by atoms with E-state index in [4.69, 9.17) is 5.26 Å². The van der Waals surface area contributed by atoms with Crippen LogP contribution in [0.4, 0.5) is 5.00 Å². The topological polar surface area (TPSA) is 35.8 Å². The summed E-state index contributed by atoms with van der Waals surface area (Å²) in [5.74, 6) is 0. The highest BCUT2D eigenvalue weighted by atomic mass is 32.1. The summed E-state index contributed by atoms with van der Waals surface area (Å²) < 4.78 is 0. The summed E-state index contributed by atoms with van der Waals surface area (Å²) in [5, 5.41) is 12.5. The molecule has 0 saturated heterocycles. The minimum absolute atomic E-state index is 0.741. The maximum atomic E-state index is 8.58. The van der Waals surface area contributed by atoms with Crippen LogP contribution in [0, 0.1) is 18.3 Å². The maximum Gasteiger partial charge on any atom is 0.106 e. The second-order valence-electron chi connectivity index (χ2n) is 1.96. The van der Waals surface area contributed by atoms with Crippen molar-refractivity contribution in [2.75, 3.05) is 12.4 Å². The van der Waals surface area contributed by atoms with E-state index in [-0.39, 0.29) is 0 Å². The zero-order valence-corrected chi connectivity index (χ0v) is 6.75. The number of thiophene rings is 1. The molecule has 0 amide bonds. The highest BCUT2D eigenvalue weighted by Crippen LogP contribution is 2.25. The van der Waals surface area contributed by atoms with Crippen molar-refractivity contribution in [3.05, 3.63) is 16.5 Å². The molecular weight excluding hydrogens is 144 g/mol. The van der Waals surface area contributed by atoms with E-state index in [0.717, 1.165) is 10.6 Å². The number of hydrogen-bond donors (Lipinski definition) is 1. The molecule has 0 spiro atoms. The molecule has 1 heterocycles. The van der Waals surface area contributed by atoms with Crippen molar-refractivity contribution in [1.82, 2.24) is 0 Å². The van der Waals surface area contributed by atoms with E-state index in [9.17, 15) is 0 Å². The van der Waals surface area contributed by atoms with E-state index in [0.29, 0.717) is 0 Å². The Kier molecular flexibility index (Phi) is 1.93. The molecule has 0 unspecified atom stereocenters. The second kappa shape index (κ2) is 2.72. The van der Waals surface area contributed by atoms with Crippen LogP contribution >= 0.6 is 11.3 Å². The van der Waals surface area contributed by atoms with E-state index in [1.807, 2.05) is 20.0 Å². The molecule has 1 rings (SSSR count). The number of rotatable bonds is 1. The van der Waals surface area contributed by atoms with Crippen LogP contribution in [-0.2, 0) is 0 Å². The van der Waals surface area contributed by atoms with Gasteiger partial charge in [-0.1, -0.05) is 0 Å². The van der Waals surface area contributed by atoms with Crippen molar-refractivity contribution in [2.24, 2.45) is 0 Å². The summed E-state index contributed by atoms with van der Waals surface area (Å²) in [7, 11) is 1.83. The molecule has 3 heteroatoms. The Morgan fingerprint density at radius 1 is 1.70 bits per heavy atom. The van der Waals surface area contributed by atoms with Crippen molar-refractivity contribution < 1.29 is 0 Å². The SMILES string of the molecule is CNc1sc(C)cc1C#N. The number of anilines is 1. The average molecular weight is 152 g/mol. The summed E-state index contributed by atoms with van der Waals surface area (Å²) in [6.07, 6.45) is 0. The summed E-state index contributed by atoms with van der Waals surface area (Å²) in [4.78, 5) is 1.17. The Labute approximate surface area is 64.1 Å². The predicted molar refractivity (Wildman–Crippen MR) is 43.3 cm³/mol. The molecule has 1 N–H and O–H groups in total. The first-order chi connectivity index (χ1) is 4.77. The van der Waals surface area contributed by atoms with Gasteiger partial charge in [0.15, 0.2) is 0 Å². The van der Waals surface area contributed by atoms with Gasteiger partial charge >= 0.3 is 0 Å². The van der Waals surface area contributed by atoms with Gasteiger partial charge in [0.05, 0.1) is 5.56 Å². The third-order valence-electron chi connectivity index (χ3n) is 1.20. The molecule has 0 fully saturated rings. The monoisotopic (exact) mass is 152 g/mol. The molecule has 1 aromatic rings. The molecule has 0 aliphatic rings. The van der Waals surface area contributed by atoms with Gasteiger partial charge in [-0.25, -0.2) is 0 Å². The van der Waals surface area contributed by atoms with Crippen LogP contribution in [0.2, 0.25) is 0 Å². The lowest BCUT2D eigenvalue weighted by atomic mass is 10.3. The van der Waals surface area contributed by atoms with E-state index < -0.39 is 0 Å². The molecule has 0 bridgehead atoms. The van der Waals surface area contributed by atoms with Crippen LogP contribution in [0.25, 0.3) is 0 Å². The molecule has 0 aromatic carbocycles. The third kappa shape index (κ3) is 1.12. The summed E-state index contributed by atoms with van der Waals surface area (Å²) >= 11 is 1.61. The molecule has 0 aliphatic carbocycles. The molecule has 0 radical (unpaired) electrons. The van der Waals surface area contributed by atoms with Gasteiger partial charge in [-0.2, -0.15) is 5.26 Å². The number of nitrogens with zero attached hydrogens (tertiary/aromatic N) is 1. The minimum Gasteiger partial charge on any atom is -0.379 e. The summed E-state index contributed by atoms with van der Waals surface area (Å²) in [6, 6.07) is 4.00. The van der Waals surface area contributed by atoms with Crippen molar-refractivity contribution in [3.8, 4) is 6.07 Å². The predicted octanol–water partition coefficient (Wildman–Crippen LogP) is 1.97. The maximum absolute atomic E-state index is 8.58. The summed E-state index contributed by atoms with van der Waals surface area (Å²) in [6.45, 7) is 1.99. The Bertz CT molecular complexity index is 270. The highest BCUT2D eigenvalue weighted by Gasteiger charge is 2.02. The smallest absolute Gasteiger partial charge is 0.106 e. The van der Waals surface area contributed by atoms with Gasteiger partial charge in [-0.3, -0.25) is 0 Å². The van der Waals surface area contributed by atoms with Crippen molar-refractivity contribution >= 4 is 16.3 Å². The number of nitrogens with one attached hydrogen (secondary N) is 1. The van der Waals surface area contributed by atoms with E-state index in [2.05, 4.69) is 11.4 Å². The lowest BCUT2D eigenvalue weighted by Gasteiger charge is -1.90. The number of nitriles is 1. The normalized spacial score (nSPS) is 8.90. The molecular formula is C7H8N2S. The third-order valence-corrected chi connectivity index (χ3v) is 2.27. The largest absolute Gasteiger partial charge is 0.379 e. The van der Waals surface area contributed by atoms with Crippen LogP contribution in [0.1, 0.15) is 10.4 Å². The number of hydrogen-bond acceptors (Lipinski definition) is 3. The zero-order chi connectivity index (χ0) is 7.56. The van der Waals surface area contributed by atoms with Gasteiger partial charge in [-0.15, -0.1) is 11.3 Å². The van der Waals surface area contributed by atoms with Gasteiger partial charge in [-0.05, 0) is 13.0 Å². The van der Waals surface area contributed by atoms with Gasteiger partial charge in [0.2, 0.25) is 0 Å². The molecule has 0 atom stereocenters. The lowest BCUT2D eigenvalue weighted by Crippen LogP contribution is -1.84. The molecule has 0 saturated carbocycles. The van der Waals surface area contributed by atoms with E-state index in [1.54, 1.807) is 11.3 Å². The molecule has 0 aliphatic heterocycles. The highest BCUT2D eigenvalue weighted by molar-refractivity contribution is 7.16. The van der Waals surface area contributed by atoms with Gasteiger partial charge in [0.25, 0.3) is 0 Å². The minimum atomic E-state index is 0.741. The first-order valence-electron chi connectivity index (χ1n) is 2.96. The molecule has 1 aromatic heterocycles. The van der Waals surface area contributed by atoms with Gasteiger partial charge in [0.1, 0.15) is 11.1 Å². The quantitative estimate of drug-likeness (QED) is 0.667. The van der Waals surface area contributed by atoms with Crippen LogP contribution in [0.3, 0.4) is 0 Å². The standard InChI is InChI=1S/C7H8N2S/c1-5-3-6(4-8)7(9-2)10-5/h3,9H,1-2H3. The molecule has 52 valence electrons. The Balaban J connectivity index is 3.12. The number of aryl methyl sites for hydroxylation is 1. The second-order valence-corrected chi connectivity index (χ2v) is 3.22. The van der Waals surface area contributed by atoms with Crippen molar-refractivity contribution in [3.63, 3.8) is 0 Å². The Hall–Kier alpha value is -1.01. The van der Waals surface area contributed by atoms with Crippen LogP contribution in [-0.4, -0.2) is 7.05 Å². The lowest BCUT2D eigenvalue weighted by molar-refractivity contribution is 1.48. The van der Waals surface area contributed by atoms with Gasteiger partial charge < -0.3 is 5.32 Å². The fraction of sp³-hybridized carbons (Fsp3) is 0.286. The summed E-state index contributed by atoms with van der Waals surface area (Å²) in [5.41, 5.74) is 0.741. The van der Waals surface area contributed by atoms with Crippen LogP contribution in [0.15, 0.2) is 6.07 Å². The van der Waals surface area contributed by atoms with E-state index >= 15 is 0 Å². The average Bonchev–Trinajstić information content (AvgIpc) is 2.30. The van der Waals surface area contributed by atoms with Crippen molar-refractivity contribution in [1.29, 1.82) is 5.26 Å². The Morgan fingerprint density at radius 3 is 2.80 bits per heavy atom. The molecule has 2 nitrogen and oxygen atoms in total. The fourth-order valence-electron chi connectivity index (χ4n) is 0.783. The van der Waals surface area contributed by atoms with E-state index in [1.165, 1.54) is 4.88 Å².